The van der Waals surface area contributed by atoms with Crippen LogP contribution in [0.5, 0.6) is 0 Å². The van der Waals surface area contributed by atoms with Gasteiger partial charge in [0.25, 0.3) is 15.9 Å². The number of aryl methyl sites for hydroxylation is 1. The highest BCUT2D eigenvalue weighted by Crippen LogP contribution is 2.34. The molecule has 0 aromatic heterocycles. The highest BCUT2D eigenvalue weighted by atomic mass is 35.5. The molecule has 0 aliphatic carbocycles. The quantitative estimate of drug-likeness (QED) is 0.535. The Morgan fingerprint density at radius 1 is 0.935 bits per heavy atom. The first-order chi connectivity index (χ1) is 14.9. The Morgan fingerprint density at radius 2 is 1.58 bits per heavy atom. The average molecular weight is 455 g/mol. The van der Waals surface area contributed by atoms with Gasteiger partial charge in [0.05, 0.1) is 22.2 Å². The minimum atomic E-state index is -3.93. The van der Waals surface area contributed by atoms with E-state index in [4.69, 9.17) is 11.6 Å². The Balaban J connectivity index is 1.82. The van der Waals surface area contributed by atoms with Crippen LogP contribution >= 0.6 is 11.6 Å². The Bertz CT molecular complexity index is 1180. The smallest absolute Gasteiger partial charge is 0.264 e. The lowest BCUT2D eigenvalue weighted by Crippen LogP contribution is -2.46. The van der Waals surface area contributed by atoms with Crippen molar-refractivity contribution >= 4 is 33.2 Å². The van der Waals surface area contributed by atoms with Crippen LogP contribution in [0.25, 0.3) is 0 Å². The molecule has 1 amide bonds. The third-order valence-electron chi connectivity index (χ3n) is 5.39. The summed E-state index contributed by atoms with van der Waals surface area (Å²) < 4.78 is 28.7. The van der Waals surface area contributed by atoms with E-state index in [1.165, 1.54) is 4.31 Å². The zero-order valence-corrected chi connectivity index (χ0v) is 18.7. The number of sulfonamides is 1. The van der Waals surface area contributed by atoms with Gasteiger partial charge in [-0.05, 0) is 36.8 Å². The fraction of sp³-hybridized carbons (Fsp3) is 0.208. The summed E-state index contributed by atoms with van der Waals surface area (Å²) in [6.07, 6.45) is 0. The van der Waals surface area contributed by atoms with Gasteiger partial charge in [0.1, 0.15) is 0 Å². The predicted molar refractivity (Wildman–Crippen MR) is 123 cm³/mol. The summed E-state index contributed by atoms with van der Waals surface area (Å²) in [5.74, 6) is -0.158. The van der Waals surface area contributed by atoms with Crippen molar-refractivity contribution in [3.05, 3.63) is 95.6 Å². The van der Waals surface area contributed by atoms with E-state index in [1.807, 2.05) is 37.3 Å². The molecular formula is C24H23ClN2O3S. The lowest BCUT2D eigenvalue weighted by molar-refractivity contribution is 0.0744. The van der Waals surface area contributed by atoms with Crippen molar-refractivity contribution < 1.29 is 13.2 Å². The molecule has 1 aliphatic rings. The Labute approximate surface area is 187 Å². The molecule has 1 aliphatic heterocycles. The van der Waals surface area contributed by atoms with Crippen LogP contribution < -0.4 is 4.31 Å². The second-order valence-corrected chi connectivity index (χ2v) is 9.73. The van der Waals surface area contributed by atoms with Crippen LogP contribution in [-0.4, -0.2) is 37.7 Å². The molecule has 0 radical (unpaired) electrons. The van der Waals surface area contributed by atoms with Gasteiger partial charge in [-0.2, -0.15) is 0 Å². The number of rotatable bonds is 5. The van der Waals surface area contributed by atoms with E-state index in [0.717, 1.165) is 11.1 Å². The number of benzene rings is 3. The van der Waals surface area contributed by atoms with Gasteiger partial charge < -0.3 is 4.90 Å². The number of carbonyl (C=O) groups excluding carboxylic acids is 1. The number of carbonyl (C=O) groups is 1. The number of alkyl halides is 1. The fourth-order valence-electron chi connectivity index (χ4n) is 3.83. The van der Waals surface area contributed by atoms with Gasteiger partial charge in [0.15, 0.2) is 0 Å². The highest BCUT2D eigenvalue weighted by Gasteiger charge is 2.39. The van der Waals surface area contributed by atoms with Crippen LogP contribution in [0.1, 0.15) is 21.5 Å². The lowest BCUT2D eigenvalue weighted by atomic mass is 10.1. The number of hydrogen-bond acceptors (Lipinski definition) is 3. The third kappa shape index (κ3) is 4.18. The summed E-state index contributed by atoms with van der Waals surface area (Å²) in [5, 5.41) is 0. The molecule has 3 aromatic carbocycles. The van der Waals surface area contributed by atoms with Gasteiger partial charge >= 0.3 is 0 Å². The Hall–Kier alpha value is -2.83. The molecule has 31 heavy (non-hydrogen) atoms. The molecule has 7 heteroatoms. The van der Waals surface area contributed by atoms with Gasteiger partial charge in [0.2, 0.25) is 0 Å². The SMILES string of the molecule is Cc1ccc(S(=O)(=O)N2c3ccccc3C(=O)N(Cc3ccccc3)CC2CCl)cc1. The van der Waals surface area contributed by atoms with Crippen LogP contribution in [-0.2, 0) is 16.6 Å². The minimum absolute atomic E-state index is 0.0536. The number of anilines is 1. The maximum absolute atomic E-state index is 13.7. The average Bonchev–Trinajstić information content (AvgIpc) is 2.90. The number of fused-ring (bicyclic) bond motifs is 1. The van der Waals surface area contributed by atoms with Crippen LogP contribution in [0.4, 0.5) is 5.69 Å². The molecule has 5 nitrogen and oxygen atoms in total. The largest absolute Gasteiger partial charge is 0.332 e. The minimum Gasteiger partial charge on any atom is -0.332 e. The first-order valence-corrected chi connectivity index (χ1v) is 12.0. The van der Waals surface area contributed by atoms with Gasteiger partial charge in [-0.15, -0.1) is 11.6 Å². The van der Waals surface area contributed by atoms with Crippen LogP contribution in [0.15, 0.2) is 83.8 Å². The van der Waals surface area contributed by atoms with Crippen molar-refractivity contribution in [1.82, 2.24) is 4.90 Å². The molecule has 0 fully saturated rings. The fourth-order valence-corrected chi connectivity index (χ4v) is 5.80. The molecule has 0 saturated carbocycles. The molecule has 1 heterocycles. The summed E-state index contributed by atoms with van der Waals surface area (Å²) >= 11 is 6.30. The summed E-state index contributed by atoms with van der Waals surface area (Å²) in [4.78, 5) is 15.3. The van der Waals surface area contributed by atoms with E-state index in [0.29, 0.717) is 17.8 Å². The molecule has 3 aromatic rings. The van der Waals surface area contributed by atoms with Gasteiger partial charge in [0, 0.05) is 19.0 Å². The van der Waals surface area contributed by atoms with Crippen LogP contribution in [0.2, 0.25) is 0 Å². The van der Waals surface area contributed by atoms with Crippen molar-refractivity contribution in [2.75, 3.05) is 16.7 Å². The van der Waals surface area contributed by atoms with Gasteiger partial charge in [-0.3, -0.25) is 9.10 Å². The first kappa shape index (κ1) is 21.4. The number of para-hydroxylation sites is 1. The molecule has 4 rings (SSSR count). The topological polar surface area (TPSA) is 57.7 Å². The van der Waals surface area contributed by atoms with Gasteiger partial charge in [-0.25, -0.2) is 8.42 Å². The molecule has 0 spiro atoms. The van der Waals surface area contributed by atoms with Crippen LogP contribution in [0.3, 0.4) is 0 Å². The zero-order valence-electron chi connectivity index (χ0n) is 17.1. The number of hydrogen-bond donors (Lipinski definition) is 0. The molecule has 0 bridgehead atoms. The zero-order chi connectivity index (χ0) is 22.0. The van der Waals surface area contributed by atoms with Gasteiger partial charge in [-0.1, -0.05) is 60.2 Å². The third-order valence-corrected chi connectivity index (χ3v) is 7.63. The standard InChI is InChI=1S/C24H23ClN2O3S/c1-18-11-13-21(14-12-18)31(29,30)27-20(15-25)17-26(16-19-7-3-2-4-8-19)24(28)22-9-5-6-10-23(22)27/h2-14,20H,15-17H2,1H3. The van der Waals surface area contributed by atoms with Crippen molar-refractivity contribution in [2.45, 2.75) is 24.4 Å². The van der Waals surface area contributed by atoms with E-state index in [-0.39, 0.29) is 23.2 Å². The second kappa shape index (κ2) is 8.73. The summed E-state index contributed by atoms with van der Waals surface area (Å²) in [5.41, 5.74) is 2.64. The van der Waals surface area contributed by atoms with E-state index >= 15 is 0 Å². The molecule has 0 N–H and O–H groups in total. The van der Waals surface area contributed by atoms with Crippen molar-refractivity contribution in [2.24, 2.45) is 0 Å². The number of nitrogens with zero attached hydrogens (tertiary/aromatic N) is 2. The summed E-state index contributed by atoms with van der Waals surface area (Å²) in [7, 11) is -3.93. The predicted octanol–water partition coefficient (Wildman–Crippen LogP) is 4.45. The van der Waals surface area contributed by atoms with Crippen molar-refractivity contribution in [1.29, 1.82) is 0 Å². The molecule has 1 unspecified atom stereocenters. The maximum atomic E-state index is 13.7. The lowest BCUT2D eigenvalue weighted by Gasteiger charge is -2.32. The summed E-state index contributed by atoms with van der Waals surface area (Å²) in [6, 6.07) is 22.6. The first-order valence-electron chi connectivity index (χ1n) is 10.0. The monoisotopic (exact) mass is 454 g/mol. The van der Waals surface area contributed by atoms with Crippen molar-refractivity contribution in [3.63, 3.8) is 0 Å². The Morgan fingerprint density at radius 3 is 2.26 bits per heavy atom. The normalized spacial score (nSPS) is 16.7. The van der Waals surface area contributed by atoms with E-state index < -0.39 is 16.1 Å². The molecule has 0 saturated heterocycles. The maximum Gasteiger partial charge on any atom is 0.264 e. The van der Waals surface area contributed by atoms with E-state index in [1.54, 1.807) is 53.4 Å². The van der Waals surface area contributed by atoms with Crippen molar-refractivity contribution in [3.8, 4) is 0 Å². The molecule has 160 valence electrons. The van der Waals surface area contributed by atoms with Crippen LogP contribution in [0, 0.1) is 6.92 Å². The van der Waals surface area contributed by atoms with E-state index in [2.05, 4.69) is 0 Å². The molecular weight excluding hydrogens is 432 g/mol. The highest BCUT2D eigenvalue weighted by molar-refractivity contribution is 7.92. The number of amides is 1. The second-order valence-electron chi connectivity index (χ2n) is 7.61. The number of halogens is 1. The summed E-state index contributed by atoms with van der Waals surface area (Å²) in [6.45, 7) is 2.47. The molecule has 1 atom stereocenters. The van der Waals surface area contributed by atoms with E-state index in [9.17, 15) is 13.2 Å². The Kier molecular flexibility index (Phi) is 6.03.